The van der Waals surface area contributed by atoms with E-state index in [4.69, 9.17) is 23.2 Å². The van der Waals surface area contributed by atoms with Crippen LogP contribution in [0.3, 0.4) is 0 Å². The summed E-state index contributed by atoms with van der Waals surface area (Å²) in [4.78, 5) is 0. The van der Waals surface area contributed by atoms with Crippen molar-refractivity contribution in [1.29, 1.82) is 0 Å². The Labute approximate surface area is 112 Å². The van der Waals surface area contributed by atoms with E-state index < -0.39 is 0 Å². The highest BCUT2D eigenvalue weighted by molar-refractivity contribution is 6.35. The zero-order valence-corrected chi connectivity index (χ0v) is 11.1. The van der Waals surface area contributed by atoms with Gasteiger partial charge >= 0.3 is 0 Å². The van der Waals surface area contributed by atoms with E-state index in [2.05, 4.69) is 5.32 Å². The second-order valence-electron chi connectivity index (χ2n) is 4.56. The predicted molar refractivity (Wildman–Crippen MR) is 71.5 cm³/mol. The van der Waals surface area contributed by atoms with Gasteiger partial charge in [-0.1, -0.05) is 35.7 Å². The number of benzene rings is 1. The van der Waals surface area contributed by atoms with Crippen LogP contribution >= 0.6 is 23.2 Å². The van der Waals surface area contributed by atoms with E-state index in [1.165, 1.54) is 6.42 Å². The highest BCUT2D eigenvalue weighted by atomic mass is 35.5. The monoisotopic (exact) mass is 273 g/mol. The van der Waals surface area contributed by atoms with Gasteiger partial charge in [0.25, 0.3) is 0 Å². The maximum absolute atomic E-state index is 9.25. The van der Waals surface area contributed by atoms with E-state index in [0.29, 0.717) is 28.5 Å². The van der Waals surface area contributed by atoms with Crippen LogP contribution in [0.5, 0.6) is 0 Å². The van der Waals surface area contributed by atoms with Crippen molar-refractivity contribution in [1.82, 2.24) is 5.32 Å². The Bertz CT molecular complexity index is 363. The van der Waals surface area contributed by atoms with E-state index in [1.54, 1.807) is 0 Å². The molecule has 0 radical (unpaired) electrons. The van der Waals surface area contributed by atoms with Gasteiger partial charge in [-0.2, -0.15) is 0 Å². The van der Waals surface area contributed by atoms with Crippen LogP contribution in [0.2, 0.25) is 10.0 Å². The molecule has 1 aromatic carbocycles. The topological polar surface area (TPSA) is 32.3 Å². The molecule has 94 valence electrons. The largest absolute Gasteiger partial charge is 0.396 e. The van der Waals surface area contributed by atoms with Gasteiger partial charge in [0.2, 0.25) is 0 Å². The van der Waals surface area contributed by atoms with Crippen molar-refractivity contribution in [2.45, 2.75) is 31.8 Å². The molecule has 0 bridgehead atoms. The lowest BCUT2D eigenvalue weighted by Crippen LogP contribution is -2.33. The van der Waals surface area contributed by atoms with Gasteiger partial charge in [0, 0.05) is 34.8 Å². The van der Waals surface area contributed by atoms with Crippen LogP contribution in [-0.2, 0) is 6.54 Å². The van der Waals surface area contributed by atoms with Gasteiger partial charge in [-0.3, -0.25) is 0 Å². The molecule has 2 unspecified atom stereocenters. The Hall–Kier alpha value is -0.280. The minimum Gasteiger partial charge on any atom is -0.396 e. The number of hydrogen-bond acceptors (Lipinski definition) is 2. The Kier molecular flexibility index (Phi) is 4.69. The SMILES string of the molecule is OCC1CCCC1NCc1c(Cl)cccc1Cl. The Morgan fingerprint density at radius 3 is 2.59 bits per heavy atom. The molecule has 2 N–H and O–H groups in total. The summed E-state index contributed by atoms with van der Waals surface area (Å²) >= 11 is 12.2. The molecule has 1 aromatic rings. The number of halogens is 2. The fraction of sp³-hybridized carbons (Fsp3) is 0.538. The van der Waals surface area contributed by atoms with Crippen LogP contribution in [0, 0.1) is 5.92 Å². The number of rotatable bonds is 4. The second-order valence-corrected chi connectivity index (χ2v) is 5.38. The van der Waals surface area contributed by atoms with E-state index in [1.807, 2.05) is 18.2 Å². The molecule has 0 saturated heterocycles. The van der Waals surface area contributed by atoms with E-state index in [9.17, 15) is 5.11 Å². The van der Waals surface area contributed by atoms with Gasteiger partial charge < -0.3 is 10.4 Å². The molecule has 4 heteroatoms. The molecular weight excluding hydrogens is 257 g/mol. The summed E-state index contributed by atoms with van der Waals surface area (Å²) in [5.41, 5.74) is 0.944. The number of aliphatic hydroxyl groups excluding tert-OH is 1. The zero-order valence-electron chi connectivity index (χ0n) is 9.63. The summed E-state index contributed by atoms with van der Waals surface area (Å²) in [6, 6.07) is 5.93. The third-order valence-corrected chi connectivity index (χ3v) is 4.20. The third-order valence-electron chi connectivity index (χ3n) is 3.50. The highest BCUT2D eigenvalue weighted by Crippen LogP contribution is 2.28. The smallest absolute Gasteiger partial charge is 0.0474 e. The molecule has 0 aliphatic heterocycles. The number of hydrogen-bond donors (Lipinski definition) is 2. The van der Waals surface area contributed by atoms with E-state index in [-0.39, 0.29) is 6.61 Å². The Balaban J connectivity index is 1.98. The number of aliphatic hydroxyl groups is 1. The molecule has 1 aliphatic carbocycles. The maximum atomic E-state index is 9.25. The predicted octanol–water partition coefficient (Wildman–Crippen LogP) is 3.24. The Morgan fingerprint density at radius 2 is 1.94 bits per heavy atom. The first-order chi connectivity index (χ1) is 8.22. The summed E-state index contributed by atoms with van der Waals surface area (Å²) in [6.45, 7) is 0.924. The standard InChI is InChI=1S/C13H17Cl2NO/c14-11-4-2-5-12(15)10(11)7-16-13-6-1-3-9(13)8-17/h2,4-5,9,13,16-17H,1,3,6-8H2. The lowest BCUT2D eigenvalue weighted by molar-refractivity contribution is 0.205. The number of nitrogens with one attached hydrogen (secondary N) is 1. The first kappa shape index (κ1) is 13.2. The van der Waals surface area contributed by atoms with Crippen molar-refractivity contribution in [3.8, 4) is 0 Å². The minimum absolute atomic E-state index is 0.258. The van der Waals surface area contributed by atoms with Crippen molar-refractivity contribution in [2.75, 3.05) is 6.61 Å². The highest BCUT2D eigenvalue weighted by Gasteiger charge is 2.26. The normalized spacial score (nSPS) is 24.2. The molecule has 17 heavy (non-hydrogen) atoms. The molecule has 1 aliphatic rings. The van der Waals surface area contributed by atoms with Gasteiger partial charge in [-0.15, -0.1) is 0 Å². The summed E-state index contributed by atoms with van der Waals surface area (Å²) in [5, 5.41) is 14.1. The Morgan fingerprint density at radius 1 is 1.24 bits per heavy atom. The van der Waals surface area contributed by atoms with Gasteiger partial charge in [0.1, 0.15) is 0 Å². The molecule has 0 spiro atoms. The van der Waals surface area contributed by atoms with Crippen LogP contribution in [0.25, 0.3) is 0 Å². The third kappa shape index (κ3) is 3.14. The van der Waals surface area contributed by atoms with Crippen LogP contribution in [-0.4, -0.2) is 17.8 Å². The fourth-order valence-corrected chi connectivity index (χ4v) is 2.99. The molecule has 0 amide bonds. The van der Waals surface area contributed by atoms with Crippen molar-refractivity contribution in [3.05, 3.63) is 33.8 Å². The van der Waals surface area contributed by atoms with Crippen molar-refractivity contribution in [2.24, 2.45) is 5.92 Å². The van der Waals surface area contributed by atoms with Crippen LogP contribution < -0.4 is 5.32 Å². The van der Waals surface area contributed by atoms with Crippen molar-refractivity contribution < 1.29 is 5.11 Å². The average molecular weight is 274 g/mol. The fourth-order valence-electron chi connectivity index (χ4n) is 2.46. The van der Waals surface area contributed by atoms with Gasteiger partial charge in [-0.05, 0) is 30.9 Å². The lowest BCUT2D eigenvalue weighted by Gasteiger charge is -2.19. The molecule has 2 rings (SSSR count). The zero-order chi connectivity index (χ0) is 12.3. The van der Waals surface area contributed by atoms with Crippen molar-refractivity contribution in [3.63, 3.8) is 0 Å². The van der Waals surface area contributed by atoms with E-state index in [0.717, 1.165) is 18.4 Å². The average Bonchev–Trinajstić information content (AvgIpc) is 2.76. The molecule has 2 nitrogen and oxygen atoms in total. The summed E-state index contributed by atoms with van der Waals surface area (Å²) in [6.07, 6.45) is 3.40. The lowest BCUT2D eigenvalue weighted by atomic mass is 10.0. The van der Waals surface area contributed by atoms with Crippen LogP contribution in [0.15, 0.2) is 18.2 Å². The van der Waals surface area contributed by atoms with Crippen LogP contribution in [0.1, 0.15) is 24.8 Å². The summed E-state index contributed by atoms with van der Waals surface area (Å²) in [5.74, 6) is 0.372. The molecule has 0 heterocycles. The van der Waals surface area contributed by atoms with Crippen molar-refractivity contribution >= 4 is 23.2 Å². The first-order valence-electron chi connectivity index (χ1n) is 5.99. The molecular formula is C13H17Cl2NO. The van der Waals surface area contributed by atoms with Gasteiger partial charge in [0.15, 0.2) is 0 Å². The van der Waals surface area contributed by atoms with Gasteiger partial charge in [-0.25, -0.2) is 0 Å². The molecule has 1 saturated carbocycles. The summed E-state index contributed by atoms with van der Waals surface area (Å²) < 4.78 is 0. The second kappa shape index (κ2) is 6.05. The molecule has 2 atom stereocenters. The van der Waals surface area contributed by atoms with E-state index >= 15 is 0 Å². The quantitative estimate of drug-likeness (QED) is 0.883. The minimum atomic E-state index is 0.258. The maximum Gasteiger partial charge on any atom is 0.0474 e. The molecule has 0 aromatic heterocycles. The summed E-state index contributed by atoms with van der Waals surface area (Å²) in [7, 11) is 0. The first-order valence-corrected chi connectivity index (χ1v) is 6.75. The van der Waals surface area contributed by atoms with Crippen LogP contribution in [0.4, 0.5) is 0 Å². The molecule has 1 fully saturated rings. The van der Waals surface area contributed by atoms with Gasteiger partial charge in [0.05, 0.1) is 0 Å².